The van der Waals surface area contributed by atoms with E-state index in [-0.39, 0.29) is 17.9 Å². The molecule has 0 saturated carbocycles. The number of thiazole rings is 1. The van der Waals surface area contributed by atoms with Crippen LogP contribution >= 0.6 is 11.3 Å². The van der Waals surface area contributed by atoms with Gasteiger partial charge in [-0.25, -0.2) is 4.98 Å². The molecule has 19 heavy (non-hydrogen) atoms. The van der Waals surface area contributed by atoms with Gasteiger partial charge in [0.2, 0.25) is 5.91 Å². The van der Waals surface area contributed by atoms with Crippen molar-refractivity contribution in [3.05, 3.63) is 16.1 Å². The Morgan fingerprint density at radius 2 is 2.37 bits per heavy atom. The molecule has 2 rings (SSSR count). The lowest BCUT2D eigenvalue weighted by Gasteiger charge is -2.34. The highest BCUT2D eigenvalue weighted by atomic mass is 32.1. The molecule has 4 nitrogen and oxygen atoms in total. The SMILES string of the molecule is CC(C)c1nc(CC(=O)N2CCC(C)C(O)C2)cs1. The second kappa shape index (κ2) is 6.01. The topological polar surface area (TPSA) is 53.4 Å². The van der Waals surface area contributed by atoms with Crippen LogP contribution in [0.4, 0.5) is 0 Å². The summed E-state index contributed by atoms with van der Waals surface area (Å²) >= 11 is 1.62. The van der Waals surface area contributed by atoms with Crippen molar-refractivity contribution in [2.24, 2.45) is 5.92 Å². The Balaban J connectivity index is 1.93. The number of nitrogens with zero attached hydrogens (tertiary/aromatic N) is 2. The smallest absolute Gasteiger partial charge is 0.228 e. The van der Waals surface area contributed by atoms with Crippen LogP contribution in [0.25, 0.3) is 0 Å². The lowest BCUT2D eigenvalue weighted by Crippen LogP contribution is -2.46. The number of carbonyl (C=O) groups is 1. The van der Waals surface area contributed by atoms with E-state index < -0.39 is 0 Å². The number of amides is 1. The second-order valence-electron chi connectivity index (χ2n) is 5.68. The van der Waals surface area contributed by atoms with Crippen molar-refractivity contribution in [1.82, 2.24) is 9.88 Å². The van der Waals surface area contributed by atoms with Gasteiger partial charge in [0, 0.05) is 24.4 Å². The summed E-state index contributed by atoms with van der Waals surface area (Å²) in [6.07, 6.45) is 0.838. The first kappa shape index (κ1) is 14.5. The Kier molecular flexibility index (Phi) is 4.58. The average molecular weight is 282 g/mol. The molecule has 1 fully saturated rings. The minimum Gasteiger partial charge on any atom is -0.391 e. The fourth-order valence-electron chi connectivity index (χ4n) is 2.21. The number of aliphatic hydroxyl groups excluding tert-OH is 1. The van der Waals surface area contributed by atoms with Crippen molar-refractivity contribution in [3.8, 4) is 0 Å². The number of piperidine rings is 1. The number of likely N-dealkylation sites (tertiary alicyclic amines) is 1. The molecular weight excluding hydrogens is 260 g/mol. The number of hydrogen-bond acceptors (Lipinski definition) is 4. The van der Waals surface area contributed by atoms with Gasteiger partial charge in [0.25, 0.3) is 0 Å². The standard InChI is InChI=1S/C14H22N2O2S/c1-9(2)14-15-11(8-19-14)6-13(18)16-5-4-10(3)12(17)7-16/h8-10,12,17H,4-7H2,1-3H3. The zero-order valence-electron chi connectivity index (χ0n) is 11.8. The normalized spacial score (nSPS) is 23.9. The van der Waals surface area contributed by atoms with Crippen LogP contribution in [0.1, 0.15) is 43.8 Å². The molecule has 1 saturated heterocycles. The molecule has 0 spiro atoms. The highest BCUT2D eigenvalue weighted by molar-refractivity contribution is 7.09. The minimum absolute atomic E-state index is 0.0755. The van der Waals surface area contributed by atoms with Gasteiger partial charge in [-0.15, -0.1) is 11.3 Å². The Bertz CT molecular complexity index is 444. The summed E-state index contributed by atoms with van der Waals surface area (Å²) in [7, 11) is 0. The maximum atomic E-state index is 12.2. The maximum Gasteiger partial charge on any atom is 0.228 e. The van der Waals surface area contributed by atoms with Gasteiger partial charge in [-0.2, -0.15) is 0 Å². The quantitative estimate of drug-likeness (QED) is 0.923. The number of rotatable bonds is 3. The molecule has 2 atom stereocenters. The van der Waals surface area contributed by atoms with Crippen molar-refractivity contribution in [1.29, 1.82) is 0 Å². The lowest BCUT2D eigenvalue weighted by molar-refractivity contribution is -0.134. The minimum atomic E-state index is -0.389. The number of aliphatic hydroxyl groups is 1. The van der Waals surface area contributed by atoms with Crippen LogP contribution in [0.2, 0.25) is 0 Å². The second-order valence-corrected chi connectivity index (χ2v) is 6.57. The summed E-state index contributed by atoms with van der Waals surface area (Å²) in [5.41, 5.74) is 0.854. The maximum absolute atomic E-state index is 12.2. The van der Waals surface area contributed by atoms with Gasteiger partial charge in [-0.3, -0.25) is 4.79 Å². The first-order valence-corrected chi connectivity index (χ1v) is 7.75. The fraction of sp³-hybridized carbons (Fsp3) is 0.714. The lowest BCUT2D eigenvalue weighted by atomic mass is 9.96. The van der Waals surface area contributed by atoms with E-state index in [2.05, 4.69) is 18.8 Å². The van der Waals surface area contributed by atoms with Gasteiger partial charge in [-0.1, -0.05) is 20.8 Å². The van der Waals surface area contributed by atoms with Crippen LogP contribution in [0.3, 0.4) is 0 Å². The van der Waals surface area contributed by atoms with E-state index in [1.54, 1.807) is 16.2 Å². The summed E-state index contributed by atoms with van der Waals surface area (Å²) in [4.78, 5) is 18.4. The van der Waals surface area contributed by atoms with Gasteiger partial charge in [0.05, 0.1) is 23.2 Å². The van der Waals surface area contributed by atoms with E-state index in [0.29, 0.717) is 18.9 Å². The molecule has 0 radical (unpaired) electrons. The van der Waals surface area contributed by atoms with Crippen LogP contribution in [-0.2, 0) is 11.2 Å². The molecule has 106 valence electrons. The van der Waals surface area contributed by atoms with Crippen molar-refractivity contribution in [2.45, 2.75) is 45.6 Å². The Morgan fingerprint density at radius 3 is 2.95 bits per heavy atom. The molecule has 1 aliphatic rings. The first-order chi connectivity index (χ1) is 8.97. The predicted molar refractivity (Wildman–Crippen MR) is 76.3 cm³/mol. The average Bonchev–Trinajstić information content (AvgIpc) is 2.81. The third-order valence-electron chi connectivity index (χ3n) is 3.67. The Hall–Kier alpha value is -0.940. The van der Waals surface area contributed by atoms with Crippen LogP contribution in [0.5, 0.6) is 0 Å². The number of β-amino-alcohol motifs (C(OH)–C–C–N with tert-alkyl or cyclic N) is 1. The fourth-order valence-corrected chi connectivity index (χ4v) is 3.05. The first-order valence-electron chi connectivity index (χ1n) is 6.87. The zero-order valence-corrected chi connectivity index (χ0v) is 12.6. The van der Waals surface area contributed by atoms with Crippen LogP contribution < -0.4 is 0 Å². The number of aromatic nitrogens is 1. The summed E-state index contributed by atoms with van der Waals surface area (Å²) in [6, 6.07) is 0. The van der Waals surface area contributed by atoms with Crippen molar-refractivity contribution < 1.29 is 9.90 Å². The molecule has 1 N–H and O–H groups in total. The van der Waals surface area contributed by atoms with E-state index >= 15 is 0 Å². The molecule has 0 bridgehead atoms. The summed E-state index contributed by atoms with van der Waals surface area (Å²) in [5, 5.41) is 12.9. The van der Waals surface area contributed by atoms with Crippen molar-refractivity contribution in [3.63, 3.8) is 0 Å². The molecule has 2 unspecified atom stereocenters. The van der Waals surface area contributed by atoms with Gasteiger partial charge in [0.1, 0.15) is 0 Å². The molecule has 0 aliphatic carbocycles. The molecule has 5 heteroatoms. The summed E-state index contributed by atoms with van der Waals surface area (Å²) in [5.74, 6) is 0.772. The molecule has 2 heterocycles. The summed E-state index contributed by atoms with van der Waals surface area (Å²) < 4.78 is 0. The van der Waals surface area contributed by atoms with E-state index in [1.165, 1.54) is 0 Å². The molecule has 1 amide bonds. The number of carbonyl (C=O) groups excluding carboxylic acids is 1. The third kappa shape index (κ3) is 3.54. The van der Waals surface area contributed by atoms with E-state index in [9.17, 15) is 9.90 Å². The molecular formula is C14H22N2O2S. The van der Waals surface area contributed by atoms with E-state index in [0.717, 1.165) is 23.7 Å². The van der Waals surface area contributed by atoms with Gasteiger partial charge in [0.15, 0.2) is 0 Å². The summed E-state index contributed by atoms with van der Waals surface area (Å²) in [6.45, 7) is 7.45. The van der Waals surface area contributed by atoms with Crippen LogP contribution in [0.15, 0.2) is 5.38 Å². The van der Waals surface area contributed by atoms with Gasteiger partial charge < -0.3 is 10.0 Å². The molecule has 1 aromatic heterocycles. The Labute approximate surface area is 118 Å². The molecule has 1 aliphatic heterocycles. The monoisotopic (exact) mass is 282 g/mol. The van der Waals surface area contributed by atoms with E-state index in [1.807, 2.05) is 12.3 Å². The Morgan fingerprint density at radius 1 is 1.63 bits per heavy atom. The van der Waals surface area contributed by atoms with Gasteiger partial charge in [-0.05, 0) is 12.3 Å². The predicted octanol–water partition coefficient (Wildman–Crippen LogP) is 2.04. The largest absolute Gasteiger partial charge is 0.391 e. The van der Waals surface area contributed by atoms with E-state index in [4.69, 9.17) is 0 Å². The third-order valence-corrected chi connectivity index (χ3v) is 4.86. The highest BCUT2D eigenvalue weighted by Gasteiger charge is 2.27. The van der Waals surface area contributed by atoms with Crippen LogP contribution in [-0.4, -0.2) is 40.1 Å². The zero-order chi connectivity index (χ0) is 14.0. The van der Waals surface area contributed by atoms with Crippen LogP contribution in [0, 0.1) is 5.92 Å². The van der Waals surface area contributed by atoms with Crippen molar-refractivity contribution >= 4 is 17.2 Å². The highest BCUT2D eigenvalue weighted by Crippen LogP contribution is 2.21. The molecule has 1 aromatic rings. The van der Waals surface area contributed by atoms with Crippen molar-refractivity contribution in [2.75, 3.05) is 13.1 Å². The van der Waals surface area contributed by atoms with Gasteiger partial charge >= 0.3 is 0 Å². The number of hydrogen-bond donors (Lipinski definition) is 1. The molecule has 0 aromatic carbocycles.